The van der Waals surface area contributed by atoms with Crippen LogP contribution in [0.3, 0.4) is 0 Å². The molecule has 0 fully saturated rings. The SMILES string of the molecule is CCC(=O)COC(C)C(F)(F)F. The van der Waals surface area contributed by atoms with Crippen molar-refractivity contribution in [2.45, 2.75) is 32.5 Å². The lowest BCUT2D eigenvalue weighted by Gasteiger charge is -2.15. The molecule has 0 rings (SSSR count). The molecule has 0 heterocycles. The number of alkyl halides is 3. The van der Waals surface area contributed by atoms with Gasteiger partial charge in [0.05, 0.1) is 0 Å². The Morgan fingerprint density at radius 2 is 2.00 bits per heavy atom. The predicted octanol–water partition coefficient (Wildman–Crippen LogP) is 1.93. The predicted molar refractivity (Wildman–Crippen MR) is 36.8 cm³/mol. The van der Waals surface area contributed by atoms with Gasteiger partial charge in [0.1, 0.15) is 6.61 Å². The molecule has 72 valence electrons. The summed E-state index contributed by atoms with van der Waals surface area (Å²) >= 11 is 0. The van der Waals surface area contributed by atoms with Gasteiger partial charge in [0, 0.05) is 6.42 Å². The molecule has 1 unspecified atom stereocenters. The second kappa shape index (κ2) is 4.45. The van der Waals surface area contributed by atoms with Gasteiger partial charge in [-0.15, -0.1) is 0 Å². The minimum atomic E-state index is -4.38. The quantitative estimate of drug-likeness (QED) is 0.667. The molecule has 0 aromatic carbocycles. The molecule has 0 saturated heterocycles. The molecule has 0 radical (unpaired) electrons. The van der Waals surface area contributed by atoms with Crippen molar-refractivity contribution in [1.82, 2.24) is 0 Å². The Morgan fingerprint density at radius 3 is 2.33 bits per heavy atom. The highest BCUT2D eigenvalue weighted by molar-refractivity contribution is 5.79. The molecule has 0 N–H and O–H groups in total. The van der Waals surface area contributed by atoms with Crippen molar-refractivity contribution in [3.8, 4) is 0 Å². The number of ketones is 1. The summed E-state index contributed by atoms with van der Waals surface area (Å²) in [5.41, 5.74) is 0. The lowest BCUT2D eigenvalue weighted by atomic mass is 10.3. The molecule has 0 aliphatic carbocycles. The van der Waals surface area contributed by atoms with Crippen molar-refractivity contribution in [3.63, 3.8) is 0 Å². The van der Waals surface area contributed by atoms with E-state index in [1.54, 1.807) is 6.92 Å². The Labute approximate surface area is 68.7 Å². The first-order valence-corrected chi connectivity index (χ1v) is 3.58. The van der Waals surface area contributed by atoms with Gasteiger partial charge in [-0.1, -0.05) is 6.92 Å². The summed E-state index contributed by atoms with van der Waals surface area (Å²) in [6, 6.07) is 0. The van der Waals surface area contributed by atoms with E-state index in [4.69, 9.17) is 0 Å². The highest BCUT2D eigenvalue weighted by Gasteiger charge is 2.37. The van der Waals surface area contributed by atoms with Crippen molar-refractivity contribution in [3.05, 3.63) is 0 Å². The van der Waals surface area contributed by atoms with E-state index in [2.05, 4.69) is 4.74 Å². The zero-order chi connectivity index (χ0) is 9.78. The summed E-state index contributed by atoms with van der Waals surface area (Å²) in [7, 11) is 0. The van der Waals surface area contributed by atoms with E-state index >= 15 is 0 Å². The van der Waals surface area contributed by atoms with Crippen LogP contribution in [0.15, 0.2) is 0 Å². The second-order valence-corrected chi connectivity index (χ2v) is 2.39. The average molecular weight is 184 g/mol. The van der Waals surface area contributed by atoms with E-state index in [1.165, 1.54) is 0 Å². The van der Waals surface area contributed by atoms with E-state index in [0.29, 0.717) is 0 Å². The maximum atomic E-state index is 11.8. The maximum Gasteiger partial charge on any atom is 0.414 e. The first-order chi connectivity index (χ1) is 5.38. The zero-order valence-electron chi connectivity index (χ0n) is 6.94. The van der Waals surface area contributed by atoms with Crippen LogP contribution < -0.4 is 0 Å². The second-order valence-electron chi connectivity index (χ2n) is 2.39. The largest absolute Gasteiger partial charge is 0.414 e. The van der Waals surface area contributed by atoms with Gasteiger partial charge in [0.2, 0.25) is 0 Å². The van der Waals surface area contributed by atoms with Gasteiger partial charge in [-0.2, -0.15) is 13.2 Å². The number of ether oxygens (including phenoxy) is 1. The molecule has 5 heteroatoms. The molecule has 12 heavy (non-hydrogen) atoms. The summed E-state index contributed by atoms with van der Waals surface area (Å²) in [5, 5.41) is 0. The average Bonchev–Trinajstić information content (AvgIpc) is 1.97. The molecule has 0 bridgehead atoms. The Bertz CT molecular complexity index is 153. The molecule has 1 atom stereocenters. The maximum absolute atomic E-state index is 11.8. The lowest BCUT2D eigenvalue weighted by Crippen LogP contribution is -2.30. The number of carbonyl (C=O) groups is 1. The topological polar surface area (TPSA) is 26.3 Å². The van der Waals surface area contributed by atoms with Crippen LogP contribution >= 0.6 is 0 Å². The number of hydrogen-bond acceptors (Lipinski definition) is 2. The Kier molecular flexibility index (Phi) is 4.23. The van der Waals surface area contributed by atoms with E-state index in [0.717, 1.165) is 6.92 Å². The van der Waals surface area contributed by atoms with E-state index < -0.39 is 18.9 Å². The van der Waals surface area contributed by atoms with Crippen LogP contribution in [0.1, 0.15) is 20.3 Å². The minimum absolute atomic E-state index is 0.199. The van der Waals surface area contributed by atoms with Crippen LogP contribution in [0, 0.1) is 0 Å². The smallest absolute Gasteiger partial charge is 0.361 e. The van der Waals surface area contributed by atoms with E-state index in [1.807, 2.05) is 0 Å². The van der Waals surface area contributed by atoms with Gasteiger partial charge in [-0.05, 0) is 6.92 Å². The normalized spacial score (nSPS) is 14.4. The number of rotatable bonds is 4. The van der Waals surface area contributed by atoms with Crippen molar-refractivity contribution in [2.75, 3.05) is 6.61 Å². The molecule has 0 aliphatic rings. The van der Waals surface area contributed by atoms with E-state index in [9.17, 15) is 18.0 Å². The monoisotopic (exact) mass is 184 g/mol. The van der Waals surface area contributed by atoms with Gasteiger partial charge in [0.15, 0.2) is 11.9 Å². The molecule has 0 spiro atoms. The molecule has 0 aromatic heterocycles. The lowest BCUT2D eigenvalue weighted by molar-refractivity contribution is -0.213. The van der Waals surface area contributed by atoms with Crippen LogP contribution in [0.4, 0.5) is 13.2 Å². The van der Waals surface area contributed by atoms with E-state index in [-0.39, 0.29) is 12.2 Å². The third kappa shape index (κ3) is 4.33. The fraction of sp³-hybridized carbons (Fsp3) is 0.857. The van der Waals surface area contributed by atoms with Crippen LogP contribution in [-0.4, -0.2) is 24.7 Å². The van der Waals surface area contributed by atoms with Crippen LogP contribution in [0.5, 0.6) is 0 Å². The first kappa shape index (κ1) is 11.4. The zero-order valence-corrected chi connectivity index (χ0v) is 6.94. The van der Waals surface area contributed by atoms with Crippen molar-refractivity contribution in [1.29, 1.82) is 0 Å². The summed E-state index contributed by atoms with van der Waals surface area (Å²) < 4.78 is 39.6. The summed E-state index contributed by atoms with van der Waals surface area (Å²) in [4.78, 5) is 10.6. The van der Waals surface area contributed by atoms with Crippen LogP contribution in [0.2, 0.25) is 0 Å². The van der Waals surface area contributed by atoms with Crippen LogP contribution in [-0.2, 0) is 9.53 Å². The van der Waals surface area contributed by atoms with Gasteiger partial charge >= 0.3 is 6.18 Å². The number of hydrogen-bond donors (Lipinski definition) is 0. The number of halogens is 3. The molecule has 0 aliphatic heterocycles. The summed E-state index contributed by atoms with van der Waals surface area (Å²) in [5.74, 6) is -0.328. The third-order valence-corrected chi connectivity index (χ3v) is 1.35. The molecule has 0 aromatic rings. The summed E-state index contributed by atoms with van der Waals surface area (Å²) in [6.07, 6.45) is -6.05. The Hall–Kier alpha value is -0.580. The minimum Gasteiger partial charge on any atom is -0.361 e. The van der Waals surface area contributed by atoms with Crippen molar-refractivity contribution >= 4 is 5.78 Å². The highest BCUT2D eigenvalue weighted by Crippen LogP contribution is 2.22. The Morgan fingerprint density at radius 1 is 1.50 bits per heavy atom. The van der Waals surface area contributed by atoms with Crippen molar-refractivity contribution < 1.29 is 22.7 Å². The Balaban J connectivity index is 3.72. The first-order valence-electron chi connectivity index (χ1n) is 3.58. The molecular weight excluding hydrogens is 173 g/mol. The molecule has 2 nitrogen and oxygen atoms in total. The third-order valence-electron chi connectivity index (χ3n) is 1.35. The van der Waals surface area contributed by atoms with Crippen LogP contribution in [0.25, 0.3) is 0 Å². The van der Waals surface area contributed by atoms with Gasteiger partial charge in [-0.3, -0.25) is 4.79 Å². The van der Waals surface area contributed by atoms with Gasteiger partial charge in [0.25, 0.3) is 0 Å². The molecule has 0 amide bonds. The van der Waals surface area contributed by atoms with Crippen molar-refractivity contribution in [2.24, 2.45) is 0 Å². The fourth-order valence-corrected chi connectivity index (χ4v) is 0.414. The number of Topliss-reactive ketones (excluding diaryl/α,β-unsaturated/α-hetero) is 1. The van der Waals surface area contributed by atoms with Gasteiger partial charge in [-0.25, -0.2) is 0 Å². The van der Waals surface area contributed by atoms with Gasteiger partial charge < -0.3 is 4.74 Å². The molecular formula is C7H11F3O2. The molecule has 0 saturated carbocycles. The summed E-state index contributed by atoms with van der Waals surface area (Å²) in [6.45, 7) is 1.99. The standard InChI is InChI=1S/C7H11F3O2/c1-3-6(11)4-12-5(2)7(8,9)10/h5H,3-4H2,1-2H3. The fourth-order valence-electron chi connectivity index (χ4n) is 0.414. The highest BCUT2D eigenvalue weighted by atomic mass is 19.4. The number of carbonyl (C=O) groups excluding carboxylic acids is 1.